The van der Waals surface area contributed by atoms with E-state index >= 15 is 0 Å². The van der Waals surface area contributed by atoms with E-state index in [0.29, 0.717) is 5.69 Å². The Bertz CT molecular complexity index is 660. The summed E-state index contributed by atoms with van der Waals surface area (Å²) in [5.41, 5.74) is 1.25. The first-order valence-corrected chi connectivity index (χ1v) is 6.04. The van der Waals surface area contributed by atoms with Crippen LogP contribution in [0.1, 0.15) is 0 Å². The number of carbonyl (C=O) groups is 1. The van der Waals surface area contributed by atoms with Gasteiger partial charge in [-0.25, -0.2) is 0 Å². The van der Waals surface area contributed by atoms with Crippen molar-refractivity contribution >= 4 is 17.8 Å². The number of aliphatic imine (C=N–C) groups is 1. The third kappa shape index (κ3) is 2.67. The summed E-state index contributed by atoms with van der Waals surface area (Å²) < 4.78 is 40.0. The summed E-state index contributed by atoms with van der Waals surface area (Å²) in [5, 5.41) is 0. The van der Waals surface area contributed by atoms with Crippen LogP contribution in [0.2, 0.25) is 0 Å². The third-order valence-electron chi connectivity index (χ3n) is 3.05. The fraction of sp³-hybridized carbons (Fsp3) is 0.143. The van der Waals surface area contributed by atoms with Crippen molar-refractivity contribution in [3.05, 3.63) is 48.2 Å². The van der Waals surface area contributed by atoms with Crippen LogP contribution in [0.15, 0.2) is 53.2 Å². The van der Waals surface area contributed by atoms with Gasteiger partial charge in [-0.1, -0.05) is 0 Å². The lowest BCUT2D eigenvalue weighted by Gasteiger charge is -2.25. The molecule has 2 heterocycles. The molecule has 1 aromatic carbocycles. The number of amides is 1. The topological polar surface area (TPSA) is 41.9 Å². The van der Waals surface area contributed by atoms with Crippen molar-refractivity contribution < 1.29 is 22.7 Å². The molecule has 1 amide bonds. The van der Waals surface area contributed by atoms with Crippen molar-refractivity contribution in [3.63, 3.8) is 0 Å². The number of nitrogens with zero attached hydrogens (tertiary/aromatic N) is 2. The number of rotatable bonds is 2. The molecule has 0 N–H and O–H groups in total. The molecular weight excluding hydrogens is 285 g/mol. The Morgan fingerprint density at radius 1 is 1.19 bits per heavy atom. The number of carbonyl (C=O) groups excluding carboxylic acids is 1. The average molecular weight is 294 g/mol. The van der Waals surface area contributed by atoms with Gasteiger partial charge in [0.25, 0.3) is 5.91 Å². The maximum absolute atomic E-state index is 12.2. The zero-order chi connectivity index (χ0) is 15.0. The predicted molar refractivity (Wildman–Crippen MR) is 70.1 cm³/mol. The SMILES string of the molecule is O=C1C2N=CC=C2C=CN1c1ccc(OC(F)(F)F)cc1. The highest BCUT2D eigenvalue weighted by atomic mass is 19.4. The largest absolute Gasteiger partial charge is 0.573 e. The van der Waals surface area contributed by atoms with Crippen LogP contribution in [0, 0.1) is 0 Å². The molecule has 4 nitrogen and oxygen atoms in total. The van der Waals surface area contributed by atoms with Crippen molar-refractivity contribution in [1.82, 2.24) is 0 Å². The van der Waals surface area contributed by atoms with Gasteiger partial charge in [-0.3, -0.25) is 14.7 Å². The van der Waals surface area contributed by atoms with Gasteiger partial charge in [-0.15, -0.1) is 13.2 Å². The van der Waals surface area contributed by atoms with Crippen molar-refractivity contribution in [1.29, 1.82) is 0 Å². The van der Waals surface area contributed by atoms with Crippen LogP contribution in [0.3, 0.4) is 0 Å². The van der Waals surface area contributed by atoms with Gasteiger partial charge in [0.2, 0.25) is 0 Å². The van der Waals surface area contributed by atoms with Crippen LogP contribution in [0.5, 0.6) is 5.75 Å². The van der Waals surface area contributed by atoms with Crippen LogP contribution in [-0.2, 0) is 4.79 Å². The number of hydrogen-bond acceptors (Lipinski definition) is 3. The van der Waals surface area contributed by atoms with E-state index in [9.17, 15) is 18.0 Å². The molecule has 1 aromatic rings. The first kappa shape index (κ1) is 13.4. The van der Waals surface area contributed by atoms with E-state index in [1.807, 2.05) is 0 Å². The van der Waals surface area contributed by atoms with Gasteiger partial charge < -0.3 is 4.74 Å². The van der Waals surface area contributed by atoms with Crippen LogP contribution >= 0.6 is 0 Å². The first-order chi connectivity index (χ1) is 9.94. The Balaban J connectivity index is 1.82. The Kier molecular flexibility index (Phi) is 3.04. The van der Waals surface area contributed by atoms with Gasteiger partial charge in [0, 0.05) is 18.1 Å². The maximum Gasteiger partial charge on any atom is 0.573 e. The highest BCUT2D eigenvalue weighted by Gasteiger charge is 2.32. The van der Waals surface area contributed by atoms with E-state index in [4.69, 9.17) is 0 Å². The molecule has 0 saturated carbocycles. The monoisotopic (exact) mass is 294 g/mol. The Hall–Kier alpha value is -2.57. The molecule has 2 aliphatic heterocycles. The van der Waals surface area contributed by atoms with Crippen LogP contribution in [0.25, 0.3) is 0 Å². The fourth-order valence-corrected chi connectivity index (χ4v) is 2.13. The van der Waals surface area contributed by atoms with Crippen LogP contribution < -0.4 is 9.64 Å². The predicted octanol–water partition coefficient (Wildman–Crippen LogP) is 2.82. The molecular formula is C14H9F3N2O2. The summed E-state index contributed by atoms with van der Waals surface area (Å²) in [6.07, 6.45) is 1.89. The van der Waals surface area contributed by atoms with Crippen LogP contribution in [0.4, 0.5) is 18.9 Å². The normalized spacial score (nSPS) is 20.5. The Morgan fingerprint density at radius 3 is 2.57 bits per heavy atom. The molecule has 0 spiro atoms. The molecule has 0 aliphatic carbocycles. The molecule has 21 heavy (non-hydrogen) atoms. The van der Waals surface area contributed by atoms with E-state index in [1.165, 1.54) is 17.0 Å². The minimum atomic E-state index is -4.74. The van der Waals surface area contributed by atoms with E-state index in [0.717, 1.165) is 17.7 Å². The van der Waals surface area contributed by atoms with Crippen molar-refractivity contribution in [2.24, 2.45) is 4.99 Å². The Labute approximate surface area is 117 Å². The summed E-state index contributed by atoms with van der Waals surface area (Å²) in [4.78, 5) is 17.6. The molecule has 0 bridgehead atoms. The summed E-state index contributed by atoms with van der Waals surface area (Å²) in [6.45, 7) is 0. The Morgan fingerprint density at radius 2 is 1.90 bits per heavy atom. The number of halogens is 3. The van der Waals surface area contributed by atoms with Gasteiger partial charge in [-0.2, -0.15) is 0 Å². The zero-order valence-electron chi connectivity index (χ0n) is 10.5. The van der Waals surface area contributed by atoms with Gasteiger partial charge in [0.15, 0.2) is 6.04 Å². The van der Waals surface area contributed by atoms with E-state index < -0.39 is 12.4 Å². The second kappa shape index (κ2) is 4.76. The molecule has 0 saturated heterocycles. The fourth-order valence-electron chi connectivity index (χ4n) is 2.13. The average Bonchev–Trinajstić information content (AvgIpc) is 2.88. The second-order valence-electron chi connectivity index (χ2n) is 4.43. The van der Waals surface area contributed by atoms with Crippen molar-refractivity contribution in [3.8, 4) is 5.75 Å². The van der Waals surface area contributed by atoms with E-state index in [1.54, 1.807) is 24.6 Å². The van der Waals surface area contributed by atoms with Crippen LogP contribution in [-0.4, -0.2) is 24.5 Å². The second-order valence-corrected chi connectivity index (χ2v) is 4.43. The molecule has 1 unspecified atom stereocenters. The number of fused-ring (bicyclic) bond motifs is 1. The number of hydrogen-bond donors (Lipinski definition) is 0. The summed E-state index contributed by atoms with van der Waals surface area (Å²) in [7, 11) is 0. The minimum Gasteiger partial charge on any atom is -0.406 e. The molecule has 7 heteroatoms. The van der Waals surface area contributed by atoms with Gasteiger partial charge in [0.1, 0.15) is 5.75 Å². The van der Waals surface area contributed by atoms with Gasteiger partial charge >= 0.3 is 6.36 Å². The standard InChI is InChI=1S/C14H9F3N2O2/c15-14(16,17)21-11-3-1-10(2-4-11)19-8-6-9-5-7-18-12(9)13(19)20/h1-8,12H. The molecule has 2 aliphatic rings. The number of allylic oxidation sites excluding steroid dienone is 1. The molecule has 1 atom stereocenters. The molecule has 108 valence electrons. The molecule has 0 aromatic heterocycles. The smallest absolute Gasteiger partial charge is 0.406 e. The van der Waals surface area contributed by atoms with Crippen molar-refractivity contribution in [2.75, 3.05) is 4.90 Å². The number of alkyl halides is 3. The highest BCUT2D eigenvalue weighted by molar-refractivity contribution is 6.05. The lowest BCUT2D eigenvalue weighted by Crippen LogP contribution is -2.37. The molecule has 3 rings (SSSR count). The number of benzene rings is 1. The number of ether oxygens (including phenoxy) is 1. The van der Waals surface area contributed by atoms with Crippen molar-refractivity contribution in [2.45, 2.75) is 12.4 Å². The highest BCUT2D eigenvalue weighted by Crippen LogP contribution is 2.29. The lowest BCUT2D eigenvalue weighted by molar-refractivity contribution is -0.274. The zero-order valence-corrected chi connectivity index (χ0v) is 10.5. The number of anilines is 1. The lowest BCUT2D eigenvalue weighted by atomic mass is 10.0. The molecule has 0 radical (unpaired) electrons. The minimum absolute atomic E-state index is 0.248. The third-order valence-corrected chi connectivity index (χ3v) is 3.05. The van der Waals surface area contributed by atoms with Gasteiger partial charge in [0.05, 0.1) is 0 Å². The van der Waals surface area contributed by atoms with Gasteiger partial charge in [-0.05, 0) is 42.0 Å². The first-order valence-electron chi connectivity index (χ1n) is 6.04. The quantitative estimate of drug-likeness (QED) is 0.841. The maximum atomic E-state index is 12.2. The van der Waals surface area contributed by atoms with E-state index in [-0.39, 0.29) is 11.7 Å². The summed E-state index contributed by atoms with van der Waals surface area (Å²) in [5.74, 6) is -0.582. The van der Waals surface area contributed by atoms with E-state index in [2.05, 4.69) is 9.73 Å². The summed E-state index contributed by atoms with van der Waals surface area (Å²) in [6, 6.07) is 4.52. The molecule has 0 fully saturated rings. The summed E-state index contributed by atoms with van der Waals surface area (Å²) >= 11 is 0.